The summed E-state index contributed by atoms with van der Waals surface area (Å²) in [6.07, 6.45) is 3.96. The van der Waals surface area contributed by atoms with Crippen molar-refractivity contribution in [3.8, 4) is 0 Å². The van der Waals surface area contributed by atoms with Gasteiger partial charge >= 0.3 is 0 Å². The highest BCUT2D eigenvalue weighted by atomic mass is 32.2. The van der Waals surface area contributed by atoms with Gasteiger partial charge in [-0.2, -0.15) is 4.31 Å². The lowest BCUT2D eigenvalue weighted by molar-refractivity contribution is 0.199. The second kappa shape index (κ2) is 10.1. The second-order valence-corrected chi connectivity index (χ2v) is 10.6. The predicted octanol–water partition coefficient (Wildman–Crippen LogP) is 3.42. The molecule has 0 spiro atoms. The molecule has 4 rings (SSSR count). The fraction of sp³-hybridized carbons (Fsp3) is 0.435. The predicted molar refractivity (Wildman–Crippen MR) is 129 cm³/mol. The van der Waals surface area contributed by atoms with Gasteiger partial charge in [0.2, 0.25) is 10.0 Å². The summed E-state index contributed by atoms with van der Waals surface area (Å²) in [7, 11) is -3.38. The van der Waals surface area contributed by atoms with Crippen LogP contribution in [-0.4, -0.2) is 55.0 Å². The van der Waals surface area contributed by atoms with Gasteiger partial charge in [-0.05, 0) is 67.7 Å². The van der Waals surface area contributed by atoms with Crippen molar-refractivity contribution >= 4 is 33.0 Å². The first-order valence-electron chi connectivity index (χ1n) is 10.9. The van der Waals surface area contributed by atoms with Gasteiger partial charge in [-0.25, -0.2) is 8.42 Å². The average molecular weight is 459 g/mol. The molecule has 2 heterocycles. The topological polar surface area (TPSA) is 64.7 Å². The van der Waals surface area contributed by atoms with Crippen molar-refractivity contribution in [3.05, 3.63) is 60.2 Å². The lowest BCUT2D eigenvalue weighted by Crippen LogP contribution is -2.45. The van der Waals surface area contributed by atoms with Crippen LogP contribution in [-0.2, 0) is 16.6 Å². The van der Waals surface area contributed by atoms with E-state index in [9.17, 15) is 8.42 Å². The van der Waals surface area contributed by atoms with Gasteiger partial charge in [-0.1, -0.05) is 30.3 Å². The van der Waals surface area contributed by atoms with Crippen molar-refractivity contribution in [2.24, 2.45) is 0 Å². The van der Waals surface area contributed by atoms with Crippen LogP contribution in [0.3, 0.4) is 0 Å². The third kappa shape index (κ3) is 5.83. The number of hydrogen-bond acceptors (Lipinski definition) is 4. The fourth-order valence-corrected chi connectivity index (χ4v) is 6.02. The molecule has 0 aliphatic carbocycles. The normalized spacial score (nSPS) is 18.7. The number of likely N-dealkylation sites (tertiary alicyclic amines) is 1. The zero-order valence-corrected chi connectivity index (χ0v) is 19.3. The maximum Gasteiger partial charge on any atom is 0.243 e. The molecule has 2 aromatic rings. The first-order chi connectivity index (χ1) is 15.0. The summed E-state index contributed by atoms with van der Waals surface area (Å²) < 4.78 is 26.8. The van der Waals surface area contributed by atoms with Gasteiger partial charge in [0.25, 0.3) is 0 Å². The van der Waals surface area contributed by atoms with Crippen molar-refractivity contribution in [3.63, 3.8) is 0 Å². The summed E-state index contributed by atoms with van der Waals surface area (Å²) in [6, 6.07) is 17.8. The first-order valence-corrected chi connectivity index (χ1v) is 12.8. The van der Waals surface area contributed by atoms with Crippen LogP contribution in [0.5, 0.6) is 0 Å². The number of hydrogen-bond donors (Lipinski definition) is 2. The van der Waals surface area contributed by atoms with Crippen LogP contribution in [0.15, 0.2) is 59.5 Å². The van der Waals surface area contributed by atoms with E-state index in [1.54, 1.807) is 28.6 Å². The van der Waals surface area contributed by atoms with Crippen molar-refractivity contribution in [1.82, 2.24) is 14.5 Å². The number of benzene rings is 2. The third-order valence-electron chi connectivity index (χ3n) is 5.99. The lowest BCUT2D eigenvalue weighted by atomic mass is 10.0. The Labute approximate surface area is 190 Å². The minimum absolute atomic E-state index is 0.338. The summed E-state index contributed by atoms with van der Waals surface area (Å²) in [5.74, 6) is 0. The highest BCUT2D eigenvalue weighted by Crippen LogP contribution is 2.22. The molecule has 2 aliphatic heterocycles. The number of nitrogens with zero attached hydrogens (tertiary/aromatic N) is 2. The average Bonchev–Trinajstić information content (AvgIpc) is 3.32. The molecule has 31 heavy (non-hydrogen) atoms. The van der Waals surface area contributed by atoms with E-state index in [0.29, 0.717) is 29.1 Å². The molecule has 166 valence electrons. The Balaban J connectivity index is 1.24. The molecule has 0 atom stereocenters. The van der Waals surface area contributed by atoms with Crippen molar-refractivity contribution in [2.45, 2.75) is 43.2 Å². The Morgan fingerprint density at radius 1 is 0.935 bits per heavy atom. The molecule has 2 N–H and O–H groups in total. The molecule has 0 amide bonds. The maximum absolute atomic E-state index is 12.6. The Morgan fingerprint density at radius 3 is 2.23 bits per heavy atom. The summed E-state index contributed by atoms with van der Waals surface area (Å²) in [4.78, 5) is 2.81. The number of rotatable bonds is 6. The first kappa shape index (κ1) is 22.2. The van der Waals surface area contributed by atoms with Crippen LogP contribution in [0.1, 0.15) is 31.2 Å². The zero-order chi connectivity index (χ0) is 21.7. The van der Waals surface area contributed by atoms with E-state index in [1.165, 1.54) is 5.56 Å². The number of nitrogens with one attached hydrogen (secondary N) is 2. The monoisotopic (exact) mass is 458 g/mol. The Morgan fingerprint density at radius 2 is 1.58 bits per heavy atom. The van der Waals surface area contributed by atoms with Gasteiger partial charge in [0.1, 0.15) is 0 Å². The van der Waals surface area contributed by atoms with E-state index >= 15 is 0 Å². The van der Waals surface area contributed by atoms with E-state index in [-0.39, 0.29) is 0 Å². The highest BCUT2D eigenvalue weighted by molar-refractivity contribution is 7.89. The summed E-state index contributed by atoms with van der Waals surface area (Å²) in [5, 5.41) is 7.18. The molecule has 2 saturated heterocycles. The molecular weight excluding hydrogens is 428 g/mol. The highest BCUT2D eigenvalue weighted by Gasteiger charge is 2.27. The van der Waals surface area contributed by atoms with Gasteiger partial charge in [0.15, 0.2) is 5.11 Å². The summed E-state index contributed by atoms with van der Waals surface area (Å²) in [5.41, 5.74) is 2.14. The molecule has 0 radical (unpaired) electrons. The van der Waals surface area contributed by atoms with E-state index in [4.69, 9.17) is 12.2 Å². The van der Waals surface area contributed by atoms with E-state index in [0.717, 1.165) is 51.0 Å². The molecule has 0 unspecified atom stereocenters. The molecule has 0 bridgehead atoms. The number of thiocarbonyl (C=S) groups is 1. The van der Waals surface area contributed by atoms with E-state index in [2.05, 4.69) is 39.8 Å². The van der Waals surface area contributed by atoms with Gasteiger partial charge in [-0.3, -0.25) is 4.90 Å². The lowest BCUT2D eigenvalue weighted by Gasteiger charge is -2.33. The SMILES string of the molecule is O=S(=O)(c1ccc(NC(=S)NC2CCN(Cc3ccccc3)CC2)cc1)N1CCCC1. The zero-order valence-electron chi connectivity index (χ0n) is 17.7. The van der Waals surface area contributed by atoms with Gasteiger partial charge in [0, 0.05) is 44.5 Å². The van der Waals surface area contributed by atoms with Crippen LogP contribution in [0.25, 0.3) is 0 Å². The van der Waals surface area contributed by atoms with Crippen molar-refractivity contribution < 1.29 is 8.42 Å². The standard InChI is InChI=1S/C23H30N4O2S2/c28-31(29,27-14-4-5-15-27)22-10-8-20(9-11-22)24-23(30)25-21-12-16-26(17-13-21)18-19-6-2-1-3-7-19/h1-3,6-11,21H,4-5,12-18H2,(H2,24,25,30). The number of sulfonamides is 1. The van der Waals surface area contributed by atoms with Gasteiger partial charge in [0.05, 0.1) is 4.90 Å². The van der Waals surface area contributed by atoms with Crippen LogP contribution in [0.4, 0.5) is 5.69 Å². The van der Waals surface area contributed by atoms with Crippen molar-refractivity contribution in [2.75, 3.05) is 31.5 Å². The molecule has 0 saturated carbocycles. The minimum Gasteiger partial charge on any atom is -0.360 e. The molecule has 2 aromatic carbocycles. The molecular formula is C23H30N4O2S2. The van der Waals surface area contributed by atoms with Gasteiger partial charge in [-0.15, -0.1) is 0 Å². The number of anilines is 1. The van der Waals surface area contributed by atoms with Crippen LogP contribution in [0.2, 0.25) is 0 Å². The fourth-order valence-electron chi connectivity index (χ4n) is 4.22. The minimum atomic E-state index is -3.38. The van der Waals surface area contributed by atoms with Crippen LogP contribution >= 0.6 is 12.2 Å². The molecule has 2 fully saturated rings. The Bertz CT molecular complexity index is 966. The summed E-state index contributed by atoms with van der Waals surface area (Å²) in [6.45, 7) is 4.29. The Kier molecular flexibility index (Phi) is 7.22. The molecule has 6 nitrogen and oxygen atoms in total. The largest absolute Gasteiger partial charge is 0.360 e. The molecule has 2 aliphatic rings. The molecule has 0 aromatic heterocycles. The molecule has 8 heteroatoms. The second-order valence-electron chi connectivity index (χ2n) is 8.27. The third-order valence-corrected chi connectivity index (χ3v) is 8.12. The van der Waals surface area contributed by atoms with E-state index in [1.807, 2.05) is 6.07 Å². The van der Waals surface area contributed by atoms with Crippen LogP contribution < -0.4 is 10.6 Å². The smallest absolute Gasteiger partial charge is 0.243 e. The quantitative estimate of drug-likeness (QED) is 0.647. The van der Waals surface area contributed by atoms with E-state index < -0.39 is 10.0 Å². The summed E-state index contributed by atoms with van der Waals surface area (Å²) >= 11 is 5.48. The van der Waals surface area contributed by atoms with Crippen LogP contribution in [0, 0.1) is 0 Å². The van der Waals surface area contributed by atoms with Crippen molar-refractivity contribution in [1.29, 1.82) is 0 Å². The van der Waals surface area contributed by atoms with Gasteiger partial charge < -0.3 is 10.6 Å². The Hall–Kier alpha value is -2.00. The maximum atomic E-state index is 12.6. The number of piperidine rings is 1.